The number of nitrogens with two attached hydrogens (primary N) is 2. The van der Waals surface area contributed by atoms with Crippen molar-refractivity contribution in [1.29, 1.82) is 0 Å². The maximum atomic E-state index is 5.95. The quantitative estimate of drug-likeness (QED) is 0.767. The fraction of sp³-hybridized carbons (Fsp3) is 0.417. The summed E-state index contributed by atoms with van der Waals surface area (Å²) < 4.78 is 2.04. The van der Waals surface area contributed by atoms with Gasteiger partial charge in [-0.05, 0) is 38.5 Å². The third kappa shape index (κ3) is 1.65. The first-order chi connectivity index (χ1) is 7.43. The van der Waals surface area contributed by atoms with Crippen molar-refractivity contribution < 1.29 is 0 Å². The number of benzene rings is 1. The second kappa shape index (κ2) is 3.49. The van der Waals surface area contributed by atoms with Crippen LogP contribution in [0.4, 0.5) is 5.95 Å². The molecular weight excluding hydrogens is 200 g/mol. The number of hydrogen-bond acceptors (Lipinski definition) is 3. The SMILES string of the molecule is CC(C)(C)n1c(N)nc2ccc(CN)cc21. The average Bonchev–Trinajstić information content (AvgIpc) is 2.51. The molecule has 0 unspecified atom stereocenters. The number of nitrogen functional groups attached to an aromatic ring is 1. The highest BCUT2D eigenvalue weighted by Gasteiger charge is 2.19. The van der Waals surface area contributed by atoms with Gasteiger partial charge in [0.1, 0.15) is 0 Å². The van der Waals surface area contributed by atoms with Gasteiger partial charge in [0.2, 0.25) is 5.95 Å². The summed E-state index contributed by atoms with van der Waals surface area (Å²) in [5, 5.41) is 0. The first-order valence-electron chi connectivity index (χ1n) is 5.41. The monoisotopic (exact) mass is 218 g/mol. The molecule has 0 atom stereocenters. The van der Waals surface area contributed by atoms with Crippen molar-refractivity contribution in [3.63, 3.8) is 0 Å². The zero-order valence-corrected chi connectivity index (χ0v) is 9.99. The Bertz CT molecular complexity index is 520. The van der Waals surface area contributed by atoms with Gasteiger partial charge in [-0.15, -0.1) is 0 Å². The average molecular weight is 218 g/mol. The lowest BCUT2D eigenvalue weighted by Gasteiger charge is -2.23. The van der Waals surface area contributed by atoms with E-state index in [-0.39, 0.29) is 5.54 Å². The van der Waals surface area contributed by atoms with Gasteiger partial charge in [0.25, 0.3) is 0 Å². The first kappa shape index (κ1) is 11.0. The number of imidazole rings is 1. The zero-order chi connectivity index (χ0) is 11.9. The van der Waals surface area contributed by atoms with Gasteiger partial charge in [-0.3, -0.25) is 0 Å². The summed E-state index contributed by atoms with van der Waals surface area (Å²) in [6.45, 7) is 6.87. The van der Waals surface area contributed by atoms with E-state index in [0.29, 0.717) is 12.5 Å². The highest BCUT2D eigenvalue weighted by atomic mass is 15.2. The molecule has 0 saturated carbocycles. The van der Waals surface area contributed by atoms with E-state index in [9.17, 15) is 0 Å². The van der Waals surface area contributed by atoms with E-state index in [2.05, 4.69) is 31.8 Å². The number of fused-ring (bicyclic) bond motifs is 1. The Morgan fingerprint density at radius 1 is 1.31 bits per heavy atom. The molecule has 0 radical (unpaired) electrons. The first-order valence-corrected chi connectivity index (χ1v) is 5.41. The maximum absolute atomic E-state index is 5.95. The lowest BCUT2D eigenvalue weighted by molar-refractivity contribution is 0.414. The molecule has 0 aliphatic heterocycles. The molecule has 0 aliphatic carbocycles. The lowest BCUT2D eigenvalue weighted by atomic mass is 10.1. The van der Waals surface area contributed by atoms with Crippen LogP contribution in [0.15, 0.2) is 18.2 Å². The fourth-order valence-electron chi connectivity index (χ4n) is 1.97. The Hall–Kier alpha value is -1.55. The van der Waals surface area contributed by atoms with Gasteiger partial charge >= 0.3 is 0 Å². The smallest absolute Gasteiger partial charge is 0.201 e. The molecule has 0 spiro atoms. The molecule has 4 N–H and O–H groups in total. The molecular formula is C12H18N4. The van der Waals surface area contributed by atoms with Crippen molar-refractivity contribution in [2.75, 3.05) is 5.73 Å². The molecule has 2 aromatic rings. The van der Waals surface area contributed by atoms with Crippen LogP contribution < -0.4 is 11.5 Å². The molecule has 0 amide bonds. The molecule has 0 fully saturated rings. The van der Waals surface area contributed by atoms with Crippen LogP contribution in [0, 0.1) is 0 Å². The Morgan fingerprint density at radius 3 is 2.56 bits per heavy atom. The fourth-order valence-corrected chi connectivity index (χ4v) is 1.97. The molecule has 4 heteroatoms. The number of nitrogens with zero attached hydrogens (tertiary/aromatic N) is 2. The second-order valence-electron chi connectivity index (χ2n) is 5.00. The summed E-state index contributed by atoms with van der Waals surface area (Å²) in [6.07, 6.45) is 0. The predicted octanol–water partition coefficient (Wildman–Crippen LogP) is 1.83. The van der Waals surface area contributed by atoms with Crippen molar-refractivity contribution in [3.05, 3.63) is 23.8 Å². The summed E-state index contributed by atoms with van der Waals surface area (Å²) in [5.41, 5.74) is 14.6. The van der Waals surface area contributed by atoms with Gasteiger partial charge in [-0.1, -0.05) is 6.07 Å². The van der Waals surface area contributed by atoms with Gasteiger partial charge in [-0.2, -0.15) is 0 Å². The van der Waals surface area contributed by atoms with Crippen LogP contribution in [0.5, 0.6) is 0 Å². The van der Waals surface area contributed by atoms with Crippen LogP contribution in [0.1, 0.15) is 26.3 Å². The van der Waals surface area contributed by atoms with Gasteiger partial charge in [0, 0.05) is 12.1 Å². The van der Waals surface area contributed by atoms with Crippen LogP contribution >= 0.6 is 0 Å². The van der Waals surface area contributed by atoms with Crippen molar-refractivity contribution >= 4 is 17.0 Å². The van der Waals surface area contributed by atoms with Gasteiger partial charge < -0.3 is 16.0 Å². The van der Waals surface area contributed by atoms with E-state index in [4.69, 9.17) is 11.5 Å². The van der Waals surface area contributed by atoms with Crippen LogP contribution in [0.3, 0.4) is 0 Å². The van der Waals surface area contributed by atoms with Crippen LogP contribution in [0.2, 0.25) is 0 Å². The summed E-state index contributed by atoms with van der Waals surface area (Å²) in [4.78, 5) is 4.35. The molecule has 4 nitrogen and oxygen atoms in total. The molecule has 1 heterocycles. The van der Waals surface area contributed by atoms with Crippen LogP contribution in [-0.2, 0) is 12.1 Å². The van der Waals surface area contributed by atoms with Gasteiger partial charge in [0.05, 0.1) is 11.0 Å². The number of rotatable bonds is 1. The highest BCUT2D eigenvalue weighted by Crippen LogP contribution is 2.26. The minimum absolute atomic E-state index is 0.0773. The lowest BCUT2D eigenvalue weighted by Crippen LogP contribution is -2.23. The normalized spacial score (nSPS) is 12.2. The topological polar surface area (TPSA) is 69.9 Å². The van der Waals surface area contributed by atoms with E-state index in [1.807, 2.05) is 16.7 Å². The molecule has 86 valence electrons. The molecule has 0 saturated heterocycles. The second-order valence-corrected chi connectivity index (χ2v) is 5.00. The van der Waals surface area contributed by atoms with Gasteiger partial charge in [-0.25, -0.2) is 4.98 Å². The van der Waals surface area contributed by atoms with Crippen molar-refractivity contribution in [2.45, 2.75) is 32.9 Å². The van der Waals surface area contributed by atoms with Crippen LogP contribution in [-0.4, -0.2) is 9.55 Å². The third-order valence-electron chi connectivity index (χ3n) is 2.65. The van der Waals surface area contributed by atoms with E-state index >= 15 is 0 Å². The van der Waals surface area contributed by atoms with E-state index in [1.165, 1.54) is 0 Å². The Kier molecular flexibility index (Phi) is 2.39. The van der Waals surface area contributed by atoms with Crippen molar-refractivity contribution in [3.8, 4) is 0 Å². The Balaban J connectivity index is 2.76. The van der Waals surface area contributed by atoms with Gasteiger partial charge in [0.15, 0.2) is 0 Å². The van der Waals surface area contributed by atoms with Crippen molar-refractivity contribution in [1.82, 2.24) is 9.55 Å². The summed E-state index contributed by atoms with van der Waals surface area (Å²) in [5.74, 6) is 0.552. The minimum Gasteiger partial charge on any atom is -0.369 e. The molecule has 0 aliphatic rings. The minimum atomic E-state index is -0.0773. The molecule has 0 bridgehead atoms. The molecule has 16 heavy (non-hydrogen) atoms. The van der Waals surface area contributed by atoms with Crippen LogP contribution in [0.25, 0.3) is 11.0 Å². The van der Waals surface area contributed by atoms with E-state index in [0.717, 1.165) is 16.6 Å². The number of hydrogen-bond donors (Lipinski definition) is 2. The Labute approximate surface area is 95.3 Å². The largest absolute Gasteiger partial charge is 0.369 e. The summed E-state index contributed by atoms with van der Waals surface area (Å²) in [7, 11) is 0. The predicted molar refractivity (Wildman–Crippen MR) is 67.0 cm³/mol. The summed E-state index contributed by atoms with van der Waals surface area (Å²) >= 11 is 0. The van der Waals surface area contributed by atoms with E-state index in [1.54, 1.807) is 0 Å². The number of aromatic nitrogens is 2. The standard InChI is InChI=1S/C12H18N4/c1-12(2,3)16-10-6-8(7-13)4-5-9(10)15-11(16)14/h4-6H,7,13H2,1-3H3,(H2,14,15). The number of anilines is 1. The zero-order valence-electron chi connectivity index (χ0n) is 9.99. The molecule has 1 aromatic heterocycles. The maximum Gasteiger partial charge on any atom is 0.201 e. The Morgan fingerprint density at radius 2 is 2.00 bits per heavy atom. The van der Waals surface area contributed by atoms with E-state index < -0.39 is 0 Å². The highest BCUT2D eigenvalue weighted by molar-refractivity contribution is 5.79. The third-order valence-corrected chi connectivity index (χ3v) is 2.65. The molecule has 2 rings (SSSR count). The van der Waals surface area contributed by atoms with Crippen molar-refractivity contribution in [2.24, 2.45) is 5.73 Å². The summed E-state index contributed by atoms with van der Waals surface area (Å²) in [6, 6.07) is 6.02. The molecule has 1 aromatic carbocycles.